The van der Waals surface area contributed by atoms with E-state index >= 15 is 0 Å². The zero-order valence-electron chi connectivity index (χ0n) is 8.43. The van der Waals surface area contributed by atoms with Crippen LogP contribution in [-0.2, 0) is 12.8 Å². The molecule has 0 bridgehead atoms. The van der Waals surface area contributed by atoms with Gasteiger partial charge in [-0.1, -0.05) is 19.9 Å². The van der Waals surface area contributed by atoms with Gasteiger partial charge >= 0.3 is 0 Å². The van der Waals surface area contributed by atoms with Crippen LogP contribution in [0.1, 0.15) is 30.5 Å². The number of rotatable bonds is 4. The summed E-state index contributed by atoms with van der Waals surface area (Å²) >= 11 is 0. The molecule has 0 saturated heterocycles. The molecule has 0 fully saturated rings. The van der Waals surface area contributed by atoms with E-state index in [4.69, 9.17) is 5.41 Å². The molecule has 0 heterocycles. The highest BCUT2D eigenvalue weighted by Crippen LogP contribution is 2.27. The molecule has 1 aromatic carbocycles. The molecule has 0 aliphatic carbocycles. The molecule has 0 atom stereocenters. The summed E-state index contributed by atoms with van der Waals surface area (Å²) in [7, 11) is 0. The predicted octanol–water partition coefficient (Wildman–Crippen LogP) is 3.07. The number of benzene rings is 1. The number of hydrogen-bond donors (Lipinski definition) is 1. The fraction of sp³-hybridized carbons (Fsp3) is 0.364. The molecule has 0 aliphatic rings. The first-order valence-electron chi connectivity index (χ1n) is 4.72. The maximum absolute atomic E-state index is 12.3. The van der Waals surface area contributed by atoms with Crippen molar-refractivity contribution in [2.75, 3.05) is 0 Å². The zero-order chi connectivity index (χ0) is 10.6. The van der Waals surface area contributed by atoms with Crippen LogP contribution in [0.2, 0.25) is 0 Å². The summed E-state index contributed by atoms with van der Waals surface area (Å²) in [4.78, 5) is 3.85. The Labute approximate surface area is 83.1 Å². The van der Waals surface area contributed by atoms with Crippen molar-refractivity contribution < 1.29 is 9.47 Å². The number of aryl methyl sites for hydroxylation is 1. The van der Waals surface area contributed by atoms with Gasteiger partial charge in [0.15, 0.2) is 5.75 Å². The summed E-state index contributed by atoms with van der Waals surface area (Å²) in [6, 6.07) is 3.63. The van der Waals surface area contributed by atoms with Gasteiger partial charge in [-0.3, -0.25) is 4.94 Å². The molecule has 1 N–H and O–H groups in total. The normalized spacial score (nSPS) is 9.93. The Morgan fingerprint density at radius 3 is 2.50 bits per heavy atom. The standard InChI is InChI=1S/C11H14FNO/c1-3-8-5-6-9(7-13)11(14-12)10(8)4-2/h5-7,13H,3-4H2,1-2H3. The first-order chi connectivity index (χ1) is 6.78. The van der Waals surface area contributed by atoms with Crippen molar-refractivity contribution in [2.24, 2.45) is 0 Å². The number of halogens is 1. The monoisotopic (exact) mass is 195 g/mol. The van der Waals surface area contributed by atoms with E-state index in [0.717, 1.165) is 23.8 Å². The molecule has 0 aromatic heterocycles. The molecule has 0 amide bonds. The van der Waals surface area contributed by atoms with Crippen molar-refractivity contribution in [3.05, 3.63) is 28.8 Å². The topological polar surface area (TPSA) is 33.1 Å². The van der Waals surface area contributed by atoms with Gasteiger partial charge in [-0.15, -0.1) is 0 Å². The molecule has 3 heteroatoms. The van der Waals surface area contributed by atoms with Gasteiger partial charge in [0.1, 0.15) is 0 Å². The second kappa shape index (κ2) is 4.74. The van der Waals surface area contributed by atoms with E-state index < -0.39 is 0 Å². The second-order valence-electron chi connectivity index (χ2n) is 3.05. The highest BCUT2D eigenvalue weighted by atomic mass is 19.3. The second-order valence-corrected chi connectivity index (χ2v) is 3.05. The zero-order valence-corrected chi connectivity index (χ0v) is 8.43. The summed E-state index contributed by atoms with van der Waals surface area (Å²) in [6.07, 6.45) is 2.66. The fourth-order valence-corrected chi connectivity index (χ4v) is 1.61. The van der Waals surface area contributed by atoms with Gasteiger partial charge in [0, 0.05) is 21.9 Å². The molecule has 2 nitrogen and oxygen atoms in total. The fourth-order valence-electron chi connectivity index (χ4n) is 1.61. The Hall–Kier alpha value is -1.38. The van der Waals surface area contributed by atoms with E-state index in [0.29, 0.717) is 12.0 Å². The Kier molecular flexibility index (Phi) is 3.63. The average molecular weight is 195 g/mol. The molecular formula is C11H14FNO. The van der Waals surface area contributed by atoms with E-state index in [1.165, 1.54) is 0 Å². The van der Waals surface area contributed by atoms with E-state index in [1.807, 2.05) is 19.9 Å². The van der Waals surface area contributed by atoms with Gasteiger partial charge in [-0.25, -0.2) is 0 Å². The van der Waals surface area contributed by atoms with E-state index in [2.05, 4.69) is 4.94 Å². The minimum atomic E-state index is 0.196. The lowest BCUT2D eigenvalue weighted by Gasteiger charge is -2.10. The SMILES string of the molecule is CCc1ccc(C=N)c(OF)c1CC. The van der Waals surface area contributed by atoms with Crippen molar-refractivity contribution in [3.63, 3.8) is 0 Å². The van der Waals surface area contributed by atoms with Crippen molar-refractivity contribution in [3.8, 4) is 5.75 Å². The van der Waals surface area contributed by atoms with Crippen molar-refractivity contribution >= 4 is 6.21 Å². The summed E-state index contributed by atoms with van der Waals surface area (Å²) in [6.45, 7) is 3.96. The first kappa shape index (κ1) is 10.7. The lowest BCUT2D eigenvalue weighted by atomic mass is 9.99. The van der Waals surface area contributed by atoms with Crippen LogP contribution in [0.5, 0.6) is 5.75 Å². The molecule has 0 saturated carbocycles. The maximum Gasteiger partial charge on any atom is 0.184 e. The van der Waals surface area contributed by atoms with Gasteiger partial charge < -0.3 is 5.41 Å². The van der Waals surface area contributed by atoms with Crippen LogP contribution in [0.4, 0.5) is 4.53 Å². The number of hydrogen-bond acceptors (Lipinski definition) is 2. The Morgan fingerprint density at radius 1 is 1.36 bits per heavy atom. The highest BCUT2D eigenvalue weighted by Gasteiger charge is 2.11. The first-order valence-corrected chi connectivity index (χ1v) is 4.72. The van der Waals surface area contributed by atoms with Gasteiger partial charge in [0.25, 0.3) is 0 Å². The third-order valence-electron chi connectivity index (χ3n) is 2.36. The summed E-state index contributed by atoms with van der Waals surface area (Å²) in [5.41, 5.74) is 2.42. The summed E-state index contributed by atoms with van der Waals surface area (Å²) in [5.74, 6) is 0.196. The molecule has 0 aliphatic heterocycles. The van der Waals surface area contributed by atoms with Crippen LogP contribution in [0.15, 0.2) is 12.1 Å². The lowest BCUT2D eigenvalue weighted by molar-refractivity contribution is -0.00753. The molecule has 1 aromatic rings. The molecule has 1 rings (SSSR count). The van der Waals surface area contributed by atoms with Gasteiger partial charge in [-0.2, -0.15) is 0 Å². The Balaban J connectivity index is 3.35. The van der Waals surface area contributed by atoms with E-state index in [-0.39, 0.29) is 5.75 Å². The van der Waals surface area contributed by atoms with Crippen LogP contribution in [0, 0.1) is 5.41 Å². The highest BCUT2D eigenvalue weighted by molar-refractivity contribution is 5.82. The van der Waals surface area contributed by atoms with Gasteiger partial charge in [-0.05, 0) is 24.5 Å². The predicted molar refractivity (Wildman–Crippen MR) is 54.8 cm³/mol. The van der Waals surface area contributed by atoms with Crippen molar-refractivity contribution in [1.29, 1.82) is 5.41 Å². The van der Waals surface area contributed by atoms with Crippen molar-refractivity contribution in [2.45, 2.75) is 26.7 Å². The summed E-state index contributed by atoms with van der Waals surface area (Å²) < 4.78 is 12.3. The quantitative estimate of drug-likeness (QED) is 0.736. The van der Waals surface area contributed by atoms with Crippen LogP contribution >= 0.6 is 0 Å². The van der Waals surface area contributed by atoms with Gasteiger partial charge in [0.05, 0.1) is 0 Å². The molecule has 0 radical (unpaired) electrons. The smallest absolute Gasteiger partial charge is 0.184 e. The van der Waals surface area contributed by atoms with Crippen LogP contribution in [0.25, 0.3) is 0 Å². The van der Waals surface area contributed by atoms with Crippen LogP contribution in [0.3, 0.4) is 0 Å². The Morgan fingerprint density at radius 2 is 2.07 bits per heavy atom. The van der Waals surface area contributed by atoms with E-state index in [1.54, 1.807) is 6.07 Å². The molecule has 76 valence electrons. The minimum Gasteiger partial charge on any atom is -0.308 e. The van der Waals surface area contributed by atoms with E-state index in [9.17, 15) is 4.53 Å². The van der Waals surface area contributed by atoms with Gasteiger partial charge in [0.2, 0.25) is 0 Å². The lowest BCUT2D eigenvalue weighted by Crippen LogP contribution is -1.98. The molecule has 0 spiro atoms. The summed E-state index contributed by atoms with van der Waals surface area (Å²) in [5, 5.41) is 7.12. The minimum absolute atomic E-state index is 0.196. The van der Waals surface area contributed by atoms with Crippen molar-refractivity contribution in [1.82, 2.24) is 0 Å². The molecule has 14 heavy (non-hydrogen) atoms. The largest absolute Gasteiger partial charge is 0.308 e. The average Bonchev–Trinajstić information content (AvgIpc) is 2.26. The maximum atomic E-state index is 12.3. The third-order valence-corrected chi connectivity index (χ3v) is 2.36. The third kappa shape index (κ3) is 1.76. The Bertz CT molecular complexity index is 336. The van der Waals surface area contributed by atoms with Crippen LogP contribution < -0.4 is 4.94 Å². The van der Waals surface area contributed by atoms with Crippen LogP contribution in [-0.4, -0.2) is 6.21 Å². The number of nitrogens with one attached hydrogen (secondary N) is 1. The molecule has 0 unspecified atom stereocenters. The molecular weight excluding hydrogens is 181 g/mol.